The first kappa shape index (κ1) is 14.8. The Balaban J connectivity index is 3.34. The minimum absolute atomic E-state index is 0.0947. The molecule has 0 fully saturated rings. The summed E-state index contributed by atoms with van der Waals surface area (Å²) in [6.07, 6.45) is 0. The van der Waals surface area contributed by atoms with Crippen molar-refractivity contribution in [3.63, 3.8) is 0 Å². The Labute approximate surface area is 109 Å². The second kappa shape index (κ2) is 6.07. The Bertz CT molecular complexity index is 414. The Morgan fingerprint density at radius 1 is 1.17 bits per heavy atom. The zero-order valence-corrected chi connectivity index (χ0v) is 11.8. The van der Waals surface area contributed by atoms with Crippen LogP contribution in [0.15, 0.2) is 6.07 Å². The Hall–Kier alpha value is -1.26. The van der Waals surface area contributed by atoms with Gasteiger partial charge in [-0.2, -0.15) is 0 Å². The van der Waals surface area contributed by atoms with E-state index in [0.29, 0.717) is 0 Å². The van der Waals surface area contributed by atoms with Gasteiger partial charge in [0.25, 0.3) is 0 Å². The van der Waals surface area contributed by atoms with Crippen molar-refractivity contribution in [1.29, 1.82) is 0 Å². The standard InChI is InChI=1S/C14H23NO3/c1-9-6-10(2)13(14(18-5)11(9)3)15(4)12(7-16)8-17/h6,12,16-17H,7-8H2,1-5H3. The first-order valence-corrected chi connectivity index (χ1v) is 6.07. The Morgan fingerprint density at radius 2 is 1.72 bits per heavy atom. The monoisotopic (exact) mass is 253 g/mol. The molecule has 0 bridgehead atoms. The molecule has 102 valence electrons. The lowest BCUT2D eigenvalue weighted by atomic mass is 10.0. The van der Waals surface area contributed by atoms with Crippen molar-refractivity contribution < 1.29 is 14.9 Å². The number of hydrogen-bond acceptors (Lipinski definition) is 4. The fourth-order valence-corrected chi connectivity index (χ4v) is 2.21. The third kappa shape index (κ3) is 2.60. The maximum atomic E-state index is 9.29. The highest BCUT2D eigenvalue weighted by Gasteiger charge is 2.21. The van der Waals surface area contributed by atoms with Crippen LogP contribution in [-0.2, 0) is 0 Å². The maximum absolute atomic E-state index is 9.29. The smallest absolute Gasteiger partial charge is 0.145 e. The number of aliphatic hydroxyl groups is 2. The minimum atomic E-state index is -0.320. The van der Waals surface area contributed by atoms with Crippen molar-refractivity contribution in [3.8, 4) is 5.75 Å². The van der Waals surface area contributed by atoms with E-state index in [4.69, 9.17) is 4.74 Å². The molecule has 1 aromatic carbocycles. The zero-order valence-electron chi connectivity index (χ0n) is 11.8. The Morgan fingerprint density at radius 3 is 2.17 bits per heavy atom. The number of nitrogens with zero attached hydrogens (tertiary/aromatic N) is 1. The van der Waals surface area contributed by atoms with Crippen LogP contribution in [0, 0.1) is 20.8 Å². The lowest BCUT2D eigenvalue weighted by Crippen LogP contribution is -2.38. The fraction of sp³-hybridized carbons (Fsp3) is 0.571. The predicted octanol–water partition coefficient (Wildman–Crippen LogP) is 1.41. The van der Waals surface area contributed by atoms with Crippen molar-refractivity contribution >= 4 is 5.69 Å². The molecule has 0 saturated carbocycles. The number of anilines is 1. The molecule has 0 aliphatic rings. The largest absolute Gasteiger partial charge is 0.494 e. The topological polar surface area (TPSA) is 52.9 Å². The van der Waals surface area contributed by atoms with Crippen LogP contribution in [0.2, 0.25) is 0 Å². The van der Waals surface area contributed by atoms with Crippen molar-refractivity contribution in [1.82, 2.24) is 0 Å². The van der Waals surface area contributed by atoms with Crippen molar-refractivity contribution in [2.45, 2.75) is 26.8 Å². The number of benzene rings is 1. The molecule has 0 radical (unpaired) electrons. The molecule has 0 unspecified atom stereocenters. The molecule has 18 heavy (non-hydrogen) atoms. The van der Waals surface area contributed by atoms with E-state index in [1.54, 1.807) is 7.11 Å². The number of aliphatic hydroxyl groups excluding tert-OH is 2. The van der Waals surface area contributed by atoms with Gasteiger partial charge in [-0.1, -0.05) is 6.07 Å². The van der Waals surface area contributed by atoms with Gasteiger partial charge in [-0.05, 0) is 37.5 Å². The summed E-state index contributed by atoms with van der Waals surface area (Å²) >= 11 is 0. The maximum Gasteiger partial charge on any atom is 0.145 e. The number of hydrogen-bond donors (Lipinski definition) is 2. The number of aryl methyl sites for hydroxylation is 2. The molecule has 0 atom stereocenters. The highest BCUT2D eigenvalue weighted by Crippen LogP contribution is 2.37. The van der Waals surface area contributed by atoms with Crippen LogP contribution in [-0.4, -0.2) is 43.6 Å². The molecule has 4 nitrogen and oxygen atoms in total. The number of rotatable bonds is 5. The molecular weight excluding hydrogens is 230 g/mol. The lowest BCUT2D eigenvalue weighted by Gasteiger charge is -2.31. The predicted molar refractivity (Wildman–Crippen MR) is 73.6 cm³/mol. The summed E-state index contributed by atoms with van der Waals surface area (Å²) in [6.45, 7) is 5.87. The average molecular weight is 253 g/mol. The van der Waals surface area contributed by atoms with Crippen molar-refractivity contribution in [3.05, 3.63) is 22.8 Å². The summed E-state index contributed by atoms with van der Waals surface area (Å²) in [6, 6.07) is 1.77. The van der Waals surface area contributed by atoms with Crippen LogP contribution in [0.4, 0.5) is 5.69 Å². The number of methoxy groups -OCH3 is 1. The lowest BCUT2D eigenvalue weighted by molar-refractivity contribution is 0.190. The third-order valence-electron chi connectivity index (χ3n) is 3.48. The number of likely N-dealkylation sites (N-methyl/N-ethyl adjacent to an activating group) is 1. The molecule has 4 heteroatoms. The van der Waals surface area contributed by atoms with Gasteiger partial charge < -0.3 is 19.8 Å². The molecule has 1 rings (SSSR count). The zero-order chi connectivity index (χ0) is 13.9. The Kier molecular flexibility index (Phi) is 4.99. The van der Waals surface area contributed by atoms with Crippen LogP contribution in [0.25, 0.3) is 0 Å². The normalized spacial score (nSPS) is 10.9. The van der Waals surface area contributed by atoms with Crippen LogP contribution >= 0.6 is 0 Å². The van der Waals surface area contributed by atoms with Gasteiger partial charge in [0.15, 0.2) is 0 Å². The second-order valence-electron chi connectivity index (χ2n) is 4.65. The SMILES string of the molecule is COc1c(C)c(C)cc(C)c1N(C)C(CO)CO. The number of ether oxygens (including phenoxy) is 1. The molecule has 0 aliphatic heterocycles. The van der Waals surface area contributed by atoms with Gasteiger partial charge in [0.05, 0.1) is 32.1 Å². The second-order valence-corrected chi connectivity index (χ2v) is 4.65. The van der Waals surface area contributed by atoms with Crippen LogP contribution < -0.4 is 9.64 Å². The van der Waals surface area contributed by atoms with E-state index in [1.807, 2.05) is 32.7 Å². The van der Waals surface area contributed by atoms with Gasteiger partial charge in [-0.25, -0.2) is 0 Å². The first-order chi connectivity index (χ1) is 8.47. The fourth-order valence-electron chi connectivity index (χ4n) is 2.21. The molecule has 0 spiro atoms. The van der Waals surface area contributed by atoms with E-state index in [0.717, 1.165) is 22.6 Å². The molecule has 0 amide bonds. The highest BCUT2D eigenvalue weighted by molar-refractivity contribution is 5.68. The van der Waals surface area contributed by atoms with Crippen LogP contribution in [0.3, 0.4) is 0 Å². The van der Waals surface area contributed by atoms with E-state index >= 15 is 0 Å². The van der Waals surface area contributed by atoms with Gasteiger partial charge in [0.2, 0.25) is 0 Å². The molecule has 2 N–H and O–H groups in total. The van der Waals surface area contributed by atoms with Crippen LogP contribution in [0.5, 0.6) is 5.75 Å². The van der Waals surface area contributed by atoms with E-state index in [2.05, 4.69) is 6.07 Å². The molecule has 0 aliphatic carbocycles. The average Bonchev–Trinajstić information content (AvgIpc) is 2.34. The molecule has 1 aromatic rings. The third-order valence-corrected chi connectivity index (χ3v) is 3.48. The van der Waals surface area contributed by atoms with Gasteiger partial charge >= 0.3 is 0 Å². The highest BCUT2D eigenvalue weighted by atomic mass is 16.5. The van der Waals surface area contributed by atoms with Crippen LogP contribution in [0.1, 0.15) is 16.7 Å². The van der Waals surface area contributed by atoms with Gasteiger partial charge in [-0.15, -0.1) is 0 Å². The van der Waals surface area contributed by atoms with Crippen molar-refractivity contribution in [2.24, 2.45) is 0 Å². The quantitative estimate of drug-likeness (QED) is 0.833. The summed E-state index contributed by atoms with van der Waals surface area (Å²) in [5.41, 5.74) is 4.25. The summed E-state index contributed by atoms with van der Waals surface area (Å²) in [5, 5.41) is 18.6. The molecular formula is C14H23NO3. The molecule has 0 saturated heterocycles. The first-order valence-electron chi connectivity index (χ1n) is 6.07. The summed E-state index contributed by atoms with van der Waals surface area (Å²) in [4.78, 5) is 1.88. The van der Waals surface area contributed by atoms with E-state index in [1.165, 1.54) is 5.56 Å². The molecule has 0 heterocycles. The summed E-state index contributed by atoms with van der Waals surface area (Å²) < 4.78 is 5.49. The van der Waals surface area contributed by atoms with Gasteiger partial charge in [-0.3, -0.25) is 0 Å². The van der Waals surface area contributed by atoms with Gasteiger partial charge in [0, 0.05) is 7.05 Å². The van der Waals surface area contributed by atoms with Gasteiger partial charge in [0.1, 0.15) is 5.75 Å². The van der Waals surface area contributed by atoms with E-state index < -0.39 is 0 Å². The summed E-state index contributed by atoms with van der Waals surface area (Å²) in [7, 11) is 3.50. The molecule has 0 aromatic heterocycles. The minimum Gasteiger partial charge on any atom is -0.494 e. The van der Waals surface area contributed by atoms with E-state index in [9.17, 15) is 10.2 Å². The van der Waals surface area contributed by atoms with E-state index in [-0.39, 0.29) is 19.3 Å². The summed E-state index contributed by atoms with van der Waals surface area (Å²) in [5.74, 6) is 0.807. The van der Waals surface area contributed by atoms with Crippen molar-refractivity contribution in [2.75, 3.05) is 32.3 Å².